The average Bonchev–Trinajstić information content (AvgIpc) is 3.65. The van der Waals surface area contributed by atoms with Crippen molar-refractivity contribution in [1.82, 2.24) is 19.7 Å². The molecule has 3 atom stereocenters. The second kappa shape index (κ2) is 17.3. The number of rotatable bonds is 17. The molecule has 1 aliphatic rings. The van der Waals surface area contributed by atoms with E-state index in [1.54, 1.807) is 12.3 Å². The number of nitrogens with two attached hydrogens (primary N) is 1. The zero-order valence-electron chi connectivity index (χ0n) is 29.6. The Morgan fingerprint density at radius 2 is 1.62 bits per heavy atom. The third-order valence-electron chi connectivity index (χ3n) is 8.81. The van der Waals surface area contributed by atoms with Crippen molar-refractivity contribution in [3.63, 3.8) is 0 Å². The number of aliphatic hydroxyl groups excluding tert-OH is 1. The molecule has 13 nitrogen and oxygen atoms in total. The summed E-state index contributed by atoms with van der Waals surface area (Å²) in [6, 6.07) is 10.4. The number of aromatic nitrogens is 1. The lowest BCUT2D eigenvalue weighted by Crippen LogP contribution is -2.51. The molecule has 2 heterocycles. The molecule has 5 N–H and O–H groups in total. The summed E-state index contributed by atoms with van der Waals surface area (Å²) in [7, 11) is 0. The summed E-state index contributed by atoms with van der Waals surface area (Å²) in [6.07, 6.45) is 2.82. The Morgan fingerprint density at radius 1 is 0.962 bits per heavy atom. The largest absolute Gasteiger partial charge is 0.480 e. The predicted octanol–water partition coefficient (Wildman–Crippen LogP) is 2.95. The molecule has 0 spiro atoms. The summed E-state index contributed by atoms with van der Waals surface area (Å²) in [4.78, 5) is 76.5. The van der Waals surface area contributed by atoms with E-state index in [1.807, 2.05) is 55.7 Å². The minimum atomic E-state index is -1.53. The number of Topliss-reactive ketones (excluding diaryl/α,β-unsaturated/α-hetero) is 1. The van der Waals surface area contributed by atoms with E-state index in [0.717, 1.165) is 40.8 Å². The molecular weight excluding hydrogens is 692 g/mol. The second-order valence-corrected chi connectivity index (χ2v) is 13.9. The number of aliphatic hydroxyl groups is 1. The van der Waals surface area contributed by atoms with Crippen molar-refractivity contribution >= 4 is 35.4 Å². The summed E-state index contributed by atoms with van der Waals surface area (Å²) in [6.45, 7) is 4.26. The van der Waals surface area contributed by atoms with Crippen molar-refractivity contribution in [1.29, 1.82) is 0 Å². The molecule has 15 heteroatoms. The van der Waals surface area contributed by atoms with Crippen molar-refractivity contribution in [2.24, 2.45) is 11.1 Å². The molecule has 0 saturated heterocycles. The molecule has 0 bridgehead atoms. The van der Waals surface area contributed by atoms with Gasteiger partial charge in [-0.1, -0.05) is 51.1 Å². The number of carbonyl (C=O) groups is 6. The standard InChI is InChI=1S/C38H43F2N5O8/c1-38(2,3)35(31-17-24(27-18-25(39)9-11-28(27)40)20-43(31)19-23-7-5-4-6-8-23)44(34(50)22-46)16-15-29(41)36(51)42-30(37(52)53)12-10-26(47)21-45-32(48)13-14-33(45)49/h4-9,11,13-14,17-18,20,29-30,35,46H,10,12,15-16,19,21-22,41H2,1-3H3,(H,42,51)(H,52,53)/t29-,30+,35-/m0/s1. The first-order valence-electron chi connectivity index (χ1n) is 16.9. The molecule has 3 aromatic rings. The van der Waals surface area contributed by atoms with E-state index in [1.165, 1.54) is 4.90 Å². The lowest BCUT2D eigenvalue weighted by Gasteiger charge is -2.41. The number of nitrogens with one attached hydrogen (secondary N) is 1. The van der Waals surface area contributed by atoms with E-state index in [0.29, 0.717) is 17.8 Å². The minimum absolute atomic E-state index is 0.00849. The number of carboxylic acids is 1. The van der Waals surface area contributed by atoms with E-state index in [4.69, 9.17) is 5.73 Å². The Bertz CT molecular complexity index is 1870. The molecule has 282 valence electrons. The summed E-state index contributed by atoms with van der Waals surface area (Å²) in [5.74, 6) is -6.22. The zero-order chi connectivity index (χ0) is 39.0. The van der Waals surface area contributed by atoms with Crippen LogP contribution in [0.25, 0.3) is 11.1 Å². The molecule has 1 aromatic heterocycles. The Kier molecular flexibility index (Phi) is 13.1. The number of halogens is 2. The zero-order valence-corrected chi connectivity index (χ0v) is 29.6. The monoisotopic (exact) mass is 735 g/mol. The van der Waals surface area contributed by atoms with Gasteiger partial charge in [0, 0.05) is 54.7 Å². The van der Waals surface area contributed by atoms with Crippen LogP contribution < -0.4 is 11.1 Å². The molecule has 53 heavy (non-hydrogen) atoms. The topological polar surface area (TPSA) is 192 Å². The van der Waals surface area contributed by atoms with Gasteiger partial charge in [0.25, 0.3) is 11.8 Å². The highest BCUT2D eigenvalue weighted by Gasteiger charge is 2.38. The number of ketones is 1. The van der Waals surface area contributed by atoms with Gasteiger partial charge in [0.2, 0.25) is 11.8 Å². The fraction of sp³-hybridized carbons (Fsp3) is 0.368. The molecule has 1 aliphatic heterocycles. The number of carboxylic acid groups (broad SMARTS) is 1. The van der Waals surface area contributed by atoms with Crippen molar-refractivity contribution in [3.05, 3.63) is 95.8 Å². The molecule has 2 aromatic carbocycles. The van der Waals surface area contributed by atoms with Crippen LogP contribution in [-0.4, -0.2) is 91.7 Å². The Balaban J connectivity index is 1.56. The Hall–Kier alpha value is -5.54. The highest BCUT2D eigenvalue weighted by Crippen LogP contribution is 2.41. The summed E-state index contributed by atoms with van der Waals surface area (Å²) in [5.41, 5.74) is 7.24. The molecule has 0 fully saturated rings. The number of aliphatic carboxylic acids is 1. The van der Waals surface area contributed by atoms with Gasteiger partial charge in [0.05, 0.1) is 18.6 Å². The summed E-state index contributed by atoms with van der Waals surface area (Å²) >= 11 is 0. The van der Waals surface area contributed by atoms with Crippen LogP contribution in [0.15, 0.2) is 72.9 Å². The molecule has 0 unspecified atom stereocenters. The quantitative estimate of drug-likeness (QED) is 0.151. The second-order valence-electron chi connectivity index (χ2n) is 13.9. The fourth-order valence-electron chi connectivity index (χ4n) is 6.19. The number of hydrogen-bond acceptors (Lipinski definition) is 8. The van der Waals surface area contributed by atoms with Crippen molar-refractivity contribution in [2.75, 3.05) is 19.7 Å². The van der Waals surface area contributed by atoms with E-state index in [-0.39, 0.29) is 31.4 Å². The number of carbonyl (C=O) groups excluding carboxylic acids is 5. The number of amides is 4. The molecule has 4 rings (SSSR count). The predicted molar refractivity (Wildman–Crippen MR) is 189 cm³/mol. The van der Waals surface area contributed by atoms with E-state index in [9.17, 15) is 43.4 Å². The van der Waals surface area contributed by atoms with Gasteiger partial charge in [-0.05, 0) is 48.1 Å². The maximum absolute atomic E-state index is 15.0. The summed E-state index contributed by atoms with van der Waals surface area (Å²) < 4.78 is 31.1. The highest BCUT2D eigenvalue weighted by atomic mass is 19.1. The van der Waals surface area contributed by atoms with Crippen LogP contribution in [-0.2, 0) is 35.3 Å². The van der Waals surface area contributed by atoms with Gasteiger partial charge in [0.1, 0.15) is 24.3 Å². The maximum atomic E-state index is 15.0. The first-order chi connectivity index (χ1) is 25.0. The van der Waals surface area contributed by atoms with Crippen LogP contribution in [0, 0.1) is 17.0 Å². The number of hydrogen-bond donors (Lipinski definition) is 4. The average molecular weight is 736 g/mol. The SMILES string of the molecule is CC(C)(C)[C@H](c1cc(-c2cc(F)ccc2F)cn1Cc1ccccc1)N(CC[C@H](N)C(=O)N[C@H](CCC(=O)CN1C(=O)C=CC1=O)C(=O)O)C(=O)CO. The number of nitrogens with zero attached hydrogens (tertiary/aromatic N) is 3. The van der Waals surface area contributed by atoms with E-state index >= 15 is 4.39 Å². The van der Waals surface area contributed by atoms with Crippen LogP contribution in [0.4, 0.5) is 8.78 Å². The first-order valence-corrected chi connectivity index (χ1v) is 16.9. The molecular formula is C38H43F2N5O8. The minimum Gasteiger partial charge on any atom is -0.480 e. The highest BCUT2D eigenvalue weighted by molar-refractivity contribution is 6.14. The van der Waals surface area contributed by atoms with Gasteiger partial charge in [0.15, 0.2) is 5.78 Å². The number of benzene rings is 2. The molecule has 0 radical (unpaired) electrons. The van der Waals surface area contributed by atoms with Gasteiger partial charge in [-0.3, -0.25) is 28.9 Å². The van der Waals surface area contributed by atoms with Crippen LogP contribution in [0.1, 0.15) is 57.3 Å². The lowest BCUT2D eigenvalue weighted by atomic mass is 9.82. The lowest BCUT2D eigenvalue weighted by molar-refractivity contribution is -0.143. The third kappa shape index (κ3) is 10.3. The van der Waals surface area contributed by atoms with Gasteiger partial charge in [-0.2, -0.15) is 0 Å². The van der Waals surface area contributed by atoms with Crippen molar-refractivity contribution in [2.45, 2.75) is 64.7 Å². The molecule has 4 amide bonds. The van der Waals surface area contributed by atoms with Crippen LogP contribution in [0.5, 0.6) is 0 Å². The normalized spacial score (nSPS) is 14.6. The van der Waals surface area contributed by atoms with Crippen LogP contribution in [0.2, 0.25) is 0 Å². The van der Waals surface area contributed by atoms with Gasteiger partial charge >= 0.3 is 5.97 Å². The van der Waals surface area contributed by atoms with Gasteiger partial charge < -0.3 is 30.7 Å². The maximum Gasteiger partial charge on any atom is 0.326 e. The van der Waals surface area contributed by atoms with Crippen LogP contribution >= 0.6 is 0 Å². The van der Waals surface area contributed by atoms with Gasteiger partial charge in [-0.15, -0.1) is 0 Å². The fourth-order valence-corrected chi connectivity index (χ4v) is 6.19. The molecule has 0 saturated carbocycles. The van der Waals surface area contributed by atoms with Crippen molar-refractivity contribution in [3.8, 4) is 11.1 Å². The third-order valence-corrected chi connectivity index (χ3v) is 8.81. The smallest absolute Gasteiger partial charge is 0.326 e. The Morgan fingerprint density at radius 3 is 2.23 bits per heavy atom. The van der Waals surface area contributed by atoms with Crippen molar-refractivity contribution < 1.29 is 47.8 Å². The van der Waals surface area contributed by atoms with E-state index < -0.39 is 83.7 Å². The first kappa shape index (κ1) is 40.2. The van der Waals surface area contributed by atoms with Crippen LogP contribution in [0.3, 0.4) is 0 Å². The molecule has 0 aliphatic carbocycles. The Labute approximate surface area is 305 Å². The van der Waals surface area contributed by atoms with E-state index in [2.05, 4.69) is 5.32 Å². The summed E-state index contributed by atoms with van der Waals surface area (Å²) in [5, 5.41) is 22.1. The van der Waals surface area contributed by atoms with Gasteiger partial charge in [-0.25, -0.2) is 13.6 Å². The number of imide groups is 1.